The lowest BCUT2D eigenvalue weighted by molar-refractivity contribution is -0.688. The van der Waals surface area contributed by atoms with E-state index in [1.54, 1.807) is 29.1 Å². The summed E-state index contributed by atoms with van der Waals surface area (Å²) in [6.07, 6.45) is 3.34. The van der Waals surface area contributed by atoms with Gasteiger partial charge >= 0.3 is 5.97 Å². The minimum absolute atomic E-state index is 0.0148. The number of fused-ring (bicyclic) bond motifs is 1. The van der Waals surface area contributed by atoms with E-state index in [0.29, 0.717) is 11.3 Å². The fourth-order valence-electron chi connectivity index (χ4n) is 3.58. The zero-order chi connectivity index (χ0) is 27.8. The molecule has 1 saturated heterocycles. The van der Waals surface area contributed by atoms with Crippen LogP contribution in [0.15, 0.2) is 41.0 Å². The molecule has 2 amide bonds. The largest absolute Gasteiger partial charge is 0.543 e. The Hall–Kier alpha value is -4.25. The zero-order valence-electron chi connectivity index (χ0n) is 20.0. The number of carbonyl (C=O) groups is 4. The number of pyridine rings is 1. The molecule has 15 nitrogen and oxygen atoms in total. The average Bonchev–Trinajstić information content (AvgIpc) is 3.27. The van der Waals surface area contributed by atoms with Crippen LogP contribution in [0.4, 0.5) is 10.8 Å². The van der Waals surface area contributed by atoms with E-state index in [2.05, 4.69) is 19.8 Å². The van der Waals surface area contributed by atoms with Crippen LogP contribution in [0, 0.1) is 0 Å². The molecule has 1 fully saturated rings. The average molecular weight is 563 g/mol. The Bertz CT molecular complexity index is 1390. The lowest BCUT2D eigenvalue weighted by atomic mass is 10.0. The topological polar surface area (TPSA) is 230 Å². The quantitative estimate of drug-likeness (QED) is 0.109. The summed E-state index contributed by atoms with van der Waals surface area (Å²) >= 11 is 2.02. The number of hydrogen-bond acceptors (Lipinski definition) is 13. The Morgan fingerprint density at radius 2 is 2.13 bits per heavy atom. The van der Waals surface area contributed by atoms with Crippen LogP contribution in [-0.4, -0.2) is 71.6 Å². The second-order valence-corrected chi connectivity index (χ2v) is 10.6. The summed E-state index contributed by atoms with van der Waals surface area (Å²) in [4.78, 5) is 59.5. The van der Waals surface area contributed by atoms with E-state index in [1.165, 1.54) is 25.6 Å². The van der Waals surface area contributed by atoms with Crippen LogP contribution in [0.1, 0.15) is 19.7 Å². The summed E-state index contributed by atoms with van der Waals surface area (Å²) < 4.78 is 5.59. The molecule has 0 bridgehead atoms. The molecular formula is C21H22N8O7S2. The molecule has 0 radical (unpaired) electrons. The Morgan fingerprint density at radius 3 is 2.74 bits per heavy atom. The molecule has 6 N–H and O–H groups in total. The van der Waals surface area contributed by atoms with Crippen LogP contribution in [-0.2, 0) is 30.6 Å². The number of anilines is 2. The van der Waals surface area contributed by atoms with Crippen molar-refractivity contribution in [3.05, 3.63) is 41.6 Å². The second kappa shape index (κ2) is 10.3. The maximum absolute atomic E-state index is 13.1. The third-order valence-electron chi connectivity index (χ3n) is 5.53. The number of amides is 2. The highest BCUT2D eigenvalue weighted by Gasteiger charge is 2.53. The Balaban J connectivity index is 1.55. The van der Waals surface area contributed by atoms with Crippen molar-refractivity contribution in [3.63, 3.8) is 0 Å². The molecule has 38 heavy (non-hydrogen) atoms. The maximum atomic E-state index is 13.1. The molecule has 0 saturated carbocycles. The van der Waals surface area contributed by atoms with Crippen LogP contribution in [0.5, 0.6) is 0 Å². The molecule has 0 aromatic carbocycles. The highest BCUT2D eigenvalue weighted by molar-refractivity contribution is 8.00. The molecule has 2 atom stereocenters. The van der Waals surface area contributed by atoms with Crippen molar-refractivity contribution >= 4 is 63.6 Å². The monoisotopic (exact) mass is 562 g/mol. The number of nitrogens with one attached hydrogen (secondary N) is 1. The summed E-state index contributed by atoms with van der Waals surface area (Å²) in [5, 5.41) is 26.7. The van der Waals surface area contributed by atoms with E-state index >= 15 is 0 Å². The number of hydrogen-bond donors (Lipinski definition) is 4. The van der Waals surface area contributed by atoms with Crippen molar-refractivity contribution in [2.75, 3.05) is 17.2 Å². The second-order valence-electron chi connectivity index (χ2n) is 8.71. The van der Waals surface area contributed by atoms with Crippen LogP contribution >= 0.6 is 23.3 Å². The van der Waals surface area contributed by atoms with Gasteiger partial charge in [0.2, 0.25) is 17.1 Å². The van der Waals surface area contributed by atoms with Crippen molar-refractivity contribution in [3.8, 4) is 0 Å². The number of oxime groups is 1. The van der Waals surface area contributed by atoms with Gasteiger partial charge in [-0.05, 0) is 19.9 Å². The number of aromatic nitrogens is 3. The van der Waals surface area contributed by atoms with E-state index in [-0.39, 0.29) is 29.0 Å². The van der Waals surface area contributed by atoms with Gasteiger partial charge in [0.15, 0.2) is 24.1 Å². The Labute approximate surface area is 223 Å². The van der Waals surface area contributed by atoms with E-state index in [1.807, 2.05) is 0 Å². The predicted octanol–water partition coefficient (Wildman–Crippen LogP) is -2.32. The van der Waals surface area contributed by atoms with Crippen molar-refractivity contribution < 1.29 is 38.8 Å². The van der Waals surface area contributed by atoms with Gasteiger partial charge in [0.05, 0.1) is 17.4 Å². The Morgan fingerprint density at radius 1 is 1.39 bits per heavy atom. The van der Waals surface area contributed by atoms with E-state index in [0.717, 1.165) is 16.4 Å². The molecule has 4 heterocycles. The minimum atomic E-state index is -1.79. The lowest BCUT2D eigenvalue weighted by Crippen LogP contribution is -2.71. The number of nitrogens with zero attached hydrogens (tertiary/aromatic N) is 5. The molecule has 2 aliphatic rings. The van der Waals surface area contributed by atoms with Gasteiger partial charge in [-0.1, -0.05) is 5.16 Å². The number of aliphatic carboxylic acids is 2. The number of nitrogens with two attached hydrogens (primary N) is 2. The summed E-state index contributed by atoms with van der Waals surface area (Å²) in [7, 11) is 0. The van der Waals surface area contributed by atoms with E-state index in [9.17, 15) is 29.4 Å². The standard InChI is InChI=1S/C21H22N8O7S2/c1-21(2,19(34)35)36-26-11(14-25-20(23)38-27-14)15(30)24-12-16(31)29-13(18(32)33)9(8-37-17(12)29)6-28-5-3-4-10(22)7-28/h3-5,7,12,17H,6,8,22H2,1-2H3,(H4-,23,24,25,27,30,32,33,34,35)/b26-11-/t12-,17-/m1/s1. The van der Waals surface area contributed by atoms with E-state index < -0.39 is 46.5 Å². The summed E-state index contributed by atoms with van der Waals surface area (Å²) in [5.74, 6) is -4.48. The van der Waals surface area contributed by atoms with Gasteiger partial charge in [-0.2, -0.15) is 13.9 Å². The van der Waals surface area contributed by atoms with Crippen molar-refractivity contribution in [2.45, 2.75) is 37.4 Å². The van der Waals surface area contributed by atoms with Gasteiger partial charge in [0, 0.05) is 28.9 Å². The van der Waals surface area contributed by atoms with E-state index in [4.69, 9.17) is 16.3 Å². The number of thioether (sulfide) groups is 1. The SMILES string of the molecule is CC(C)(O/N=C(\C(=O)N[C@@H]1C(=O)N2C(C(=O)[O-])=C(C[n+]3cccc(N)c3)CS[C@H]12)c1nsc(N)n1)C(=O)O. The van der Waals surface area contributed by atoms with Gasteiger partial charge < -0.3 is 36.6 Å². The molecule has 0 aliphatic carbocycles. The fraction of sp³-hybridized carbons (Fsp3) is 0.333. The van der Waals surface area contributed by atoms with Crippen molar-refractivity contribution in [2.24, 2.45) is 5.16 Å². The van der Waals surface area contributed by atoms with Crippen LogP contribution in [0.3, 0.4) is 0 Å². The smallest absolute Gasteiger partial charge is 0.350 e. The number of rotatable bonds is 9. The predicted molar refractivity (Wildman–Crippen MR) is 132 cm³/mol. The third kappa shape index (κ3) is 5.23. The first kappa shape index (κ1) is 26.8. The van der Waals surface area contributed by atoms with Crippen molar-refractivity contribution in [1.29, 1.82) is 0 Å². The summed E-state index contributed by atoms with van der Waals surface area (Å²) in [6, 6.07) is 2.28. The van der Waals surface area contributed by atoms with Gasteiger partial charge in [-0.3, -0.25) is 14.5 Å². The normalized spacial score (nSPS) is 19.5. The van der Waals surface area contributed by atoms with Gasteiger partial charge in [0.1, 0.15) is 11.4 Å². The third-order valence-corrected chi connectivity index (χ3v) is 7.41. The van der Waals surface area contributed by atoms with Crippen LogP contribution < -0.4 is 26.5 Å². The molecule has 200 valence electrons. The molecule has 4 rings (SSSR count). The molecular weight excluding hydrogens is 540 g/mol. The lowest BCUT2D eigenvalue weighted by Gasteiger charge is -2.50. The van der Waals surface area contributed by atoms with Gasteiger partial charge in [-0.25, -0.2) is 4.79 Å². The maximum Gasteiger partial charge on any atom is 0.350 e. The first-order chi connectivity index (χ1) is 17.9. The first-order valence-corrected chi connectivity index (χ1v) is 12.7. The summed E-state index contributed by atoms with van der Waals surface area (Å²) in [6.45, 7) is 2.60. The van der Waals surface area contributed by atoms with Gasteiger partial charge in [0.25, 0.3) is 11.8 Å². The summed E-state index contributed by atoms with van der Waals surface area (Å²) in [5.41, 5.74) is 9.75. The van der Waals surface area contributed by atoms with Crippen LogP contribution in [0.2, 0.25) is 0 Å². The number of nitrogen functional groups attached to an aromatic ring is 2. The van der Waals surface area contributed by atoms with Gasteiger partial charge in [-0.15, -0.1) is 11.8 Å². The molecule has 2 aromatic heterocycles. The molecule has 17 heteroatoms. The number of carboxylic acid groups (broad SMARTS) is 2. The number of carbonyl (C=O) groups excluding carboxylic acids is 3. The molecule has 2 aromatic rings. The highest BCUT2D eigenvalue weighted by atomic mass is 32.2. The number of β-lactam (4-membered cyclic amide) rings is 1. The molecule has 0 unspecified atom stereocenters. The first-order valence-electron chi connectivity index (χ1n) is 10.9. The fourth-order valence-corrected chi connectivity index (χ4v) is 5.35. The zero-order valence-corrected chi connectivity index (χ0v) is 21.6. The number of carboxylic acids is 2. The van der Waals surface area contributed by atoms with Crippen LogP contribution in [0.25, 0.3) is 0 Å². The van der Waals surface area contributed by atoms with Crippen molar-refractivity contribution in [1.82, 2.24) is 19.6 Å². The Kier molecular flexibility index (Phi) is 7.23. The minimum Gasteiger partial charge on any atom is -0.543 e. The highest BCUT2D eigenvalue weighted by Crippen LogP contribution is 2.40. The molecule has 0 spiro atoms. The molecule has 2 aliphatic heterocycles.